The predicted molar refractivity (Wildman–Crippen MR) is 108 cm³/mol. The Morgan fingerprint density at radius 2 is 1.86 bits per heavy atom. The lowest BCUT2D eigenvalue weighted by Crippen LogP contribution is -2.34. The molecule has 7 heteroatoms. The maximum Gasteiger partial charge on any atom is 0.267 e. The summed E-state index contributed by atoms with van der Waals surface area (Å²) in [5, 5.41) is 7.18. The number of carbonyl (C=O) groups excluding carboxylic acids is 1. The smallest absolute Gasteiger partial charge is 0.267 e. The van der Waals surface area contributed by atoms with Crippen LogP contribution in [0.2, 0.25) is 0 Å². The van der Waals surface area contributed by atoms with Crippen molar-refractivity contribution in [2.24, 2.45) is 0 Å². The lowest BCUT2D eigenvalue weighted by atomic mass is 10.1. The van der Waals surface area contributed by atoms with E-state index in [2.05, 4.69) is 22.5 Å². The number of nitrogens with one attached hydrogen (secondary N) is 1. The number of aromatic nitrogens is 2. The summed E-state index contributed by atoms with van der Waals surface area (Å²) >= 11 is 0. The van der Waals surface area contributed by atoms with Crippen molar-refractivity contribution in [1.29, 1.82) is 0 Å². The second-order valence-corrected chi connectivity index (χ2v) is 6.72. The molecular formula is C22H21N3O4. The minimum atomic E-state index is -0.325. The molecule has 0 atom stereocenters. The van der Waals surface area contributed by atoms with Crippen LogP contribution in [0.5, 0.6) is 11.5 Å². The van der Waals surface area contributed by atoms with Gasteiger partial charge in [0, 0.05) is 18.2 Å². The first-order valence-electron chi connectivity index (χ1n) is 9.48. The van der Waals surface area contributed by atoms with E-state index in [0.717, 1.165) is 18.4 Å². The Balaban J connectivity index is 1.36. The molecule has 29 heavy (non-hydrogen) atoms. The van der Waals surface area contributed by atoms with E-state index in [1.807, 2.05) is 30.3 Å². The highest BCUT2D eigenvalue weighted by molar-refractivity contribution is 5.75. The van der Waals surface area contributed by atoms with Gasteiger partial charge >= 0.3 is 0 Å². The van der Waals surface area contributed by atoms with Crippen molar-refractivity contribution < 1.29 is 14.3 Å². The molecule has 2 heterocycles. The summed E-state index contributed by atoms with van der Waals surface area (Å²) in [5.41, 5.74) is 2.27. The third kappa shape index (κ3) is 4.63. The molecule has 3 aromatic rings. The molecule has 1 amide bonds. The van der Waals surface area contributed by atoms with Crippen LogP contribution in [0.1, 0.15) is 12.0 Å². The highest BCUT2D eigenvalue weighted by Crippen LogP contribution is 2.35. The second-order valence-electron chi connectivity index (χ2n) is 6.72. The van der Waals surface area contributed by atoms with Crippen molar-refractivity contribution in [3.8, 4) is 22.8 Å². The fraction of sp³-hybridized carbons (Fsp3) is 0.227. The first-order chi connectivity index (χ1) is 14.2. The average molecular weight is 391 g/mol. The lowest BCUT2D eigenvalue weighted by Gasteiger charge is -2.09. The van der Waals surface area contributed by atoms with Crippen molar-refractivity contribution in [3.05, 3.63) is 76.6 Å². The first-order valence-corrected chi connectivity index (χ1v) is 9.48. The zero-order chi connectivity index (χ0) is 20.1. The first kappa shape index (κ1) is 18.7. The van der Waals surface area contributed by atoms with Crippen molar-refractivity contribution in [3.63, 3.8) is 0 Å². The molecule has 0 aliphatic carbocycles. The summed E-state index contributed by atoms with van der Waals surface area (Å²) in [5.74, 6) is 1.07. The van der Waals surface area contributed by atoms with Gasteiger partial charge in [-0.05, 0) is 42.7 Å². The van der Waals surface area contributed by atoms with Gasteiger partial charge in [0.2, 0.25) is 12.7 Å². The van der Waals surface area contributed by atoms with Gasteiger partial charge in [-0.15, -0.1) is 0 Å². The number of rotatable bonds is 7. The van der Waals surface area contributed by atoms with Gasteiger partial charge in [0.05, 0.1) is 5.69 Å². The molecule has 0 saturated heterocycles. The largest absolute Gasteiger partial charge is 0.454 e. The third-order valence-corrected chi connectivity index (χ3v) is 4.64. The molecular weight excluding hydrogens is 370 g/mol. The molecule has 1 aromatic heterocycles. The molecule has 1 N–H and O–H groups in total. The van der Waals surface area contributed by atoms with E-state index >= 15 is 0 Å². The Hall–Kier alpha value is -3.61. The van der Waals surface area contributed by atoms with Gasteiger partial charge in [-0.25, -0.2) is 4.68 Å². The number of benzene rings is 2. The molecule has 148 valence electrons. The average Bonchev–Trinajstić information content (AvgIpc) is 3.21. The summed E-state index contributed by atoms with van der Waals surface area (Å²) in [6, 6.07) is 18.6. The molecule has 0 saturated carbocycles. The van der Waals surface area contributed by atoms with Crippen molar-refractivity contribution in [2.75, 3.05) is 13.3 Å². The molecule has 7 nitrogen and oxygen atoms in total. The van der Waals surface area contributed by atoms with Crippen LogP contribution in [0.25, 0.3) is 11.3 Å². The summed E-state index contributed by atoms with van der Waals surface area (Å²) in [7, 11) is 0. The van der Waals surface area contributed by atoms with Gasteiger partial charge in [0.25, 0.3) is 5.56 Å². The van der Waals surface area contributed by atoms with E-state index < -0.39 is 0 Å². The number of carbonyl (C=O) groups is 1. The van der Waals surface area contributed by atoms with Crippen LogP contribution < -0.4 is 20.3 Å². The molecule has 0 unspecified atom stereocenters. The molecule has 0 bridgehead atoms. The normalized spacial score (nSPS) is 12.0. The number of aryl methyl sites for hydroxylation is 1. The fourth-order valence-corrected chi connectivity index (χ4v) is 3.13. The lowest BCUT2D eigenvalue weighted by molar-refractivity contribution is -0.121. The number of nitrogens with zero attached hydrogens (tertiary/aromatic N) is 2. The summed E-state index contributed by atoms with van der Waals surface area (Å²) in [6.07, 6.45) is 1.72. The maximum absolute atomic E-state index is 12.2. The molecule has 2 aromatic carbocycles. The van der Waals surface area contributed by atoms with Gasteiger partial charge in [-0.1, -0.05) is 30.3 Å². The number of amides is 1. The topological polar surface area (TPSA) is 82.5 Å². The Labute approximate surface area is 167 Å². The summed E-state index contributed by atoms with van der Waals surface area (Å²) in [4.78, 5) is 24.3. The molecule has 0 radical (unpaired) electrons. The molecule has 4 rings (SSSR count). The van der Waals surface area contributed by atoms with Gasteiger partial charge in [-0.2, -0.15) is 5.10 Å². The minimum Gasteiger partial charge on any atom is -0.454 e. The van der Waals surface area contributed by atoms with Crippen LogP contribution in [0.4, 0.5) is 0 Å². The van der Waals surface area contributed by atoms with Gasteiger partial charge in [0.1, 0.15) is 6.54 Å². The van der Waals surface area contributed by atoms with Crippen LogP contribution in [0.3, 0.4) is 0 Å². The standard InChI is InChI=1S/C22H21N3O4/c26-21(23-12-4-7-16-5-2-1-3-6-16)14-25-22(27)11-9-18(24-25)17-8-10-19-20(13-17)29-15-28-19/h1-3,5-6,8-11,13H,4,7,12,14-15H2,(H,23,26). The summed E-state index contributed by atoms with van der Waals surface area (Å²) in [6.45, 7) is 0.614. The van der Waals surface area contributed by atoms with Crippen molar-refractivity contribution >= 4 is 5.91 Å². The SMILES string of the molecule is O=C(Cn1nc(-c2ccc3c(c2)OCO3)ccc1=O)NCCCc1ccccc1. The van der Waals surface area contributed by atoms with E-state index in [9.17, 15) is 9.59 Å². The van der Waals surface area contributed by atoms with Crippen LogP contribution in [0, 0.1) is 0 Å². The molecule has 1 aliphatic rings. The second kappa shape index (κ2) is 8.60. The van der Waals surface area contributed by atoms with E-state index in [0.29, 0.717) is 23.7 Å². The van der Waals surface area contributed by atoms with E-state index in [1.54, 1.807) is 12.1 Å². The highest BCUT2D eigenvalue weighted by atomic mass is 16.7. The fourth-order valence-electron chi connectivity index (χ4n) is 3.13. The molecule has 1 aliphatic heterocycles. The Morgan fingerprint density at radius 1 is 1.03 bits per heavy atom. The number of fused-ring (bicyclic) bond motifs is 1. The third-order valence-electron chi connectivity index (χ3n) is 4.64. The van der Waals surface area contributed by atoms with E-state index in [1.165, 1.54) is 16.3 Å². The van der Waals surface area contributed by atoms with E-state index in [4.69, 9.17) is 9.47 Å². The predicted octanol–water partition coefficient (Wildman–Crippen LogP) is 2.39. The van der Waals surface area contributed by atoms with Crippen molar-refractivity contribution in [1.82, 2.24) is 15.1 Å². The van der Waals surface area contributed by atoms with Crippen molar-refractivity contribution in [2.45, 2.75) is 19.4 Å². The quantitative estimate of drug-likeness (QED) is 0.626. The monoisotopic (exact) mass is 391 g/mol. The summed E-state index contributed by atoms with van der Waals surface area (Å²) < 4.78 is 11.9. The van der Waals surface area contributed by atoms with Gasteiger partial charge in [-0.3, -0.25) is 9.59 Å². The van der Waals surface area contributed by atoms with Gasteiger partial charge in [0.15, 0.2) is 11.5 Å². The highest BCUT2D eigenvalue weighted by Gasteiger charge is 2.15. The van der Waals surface area contributed by atoms with Crippen LogP contribution in [-0.4, -0.2) is 29.0 Å². The van der Waals surface area contributed by atoms with Gasteiger partial charge < -0.3 is 14.8 Å². The maximum atomic E-state index is 12.2. The van der Waals surface area contributed by atoms with E-state index in [-0.39, 0.29) is 24.8 Å². The molecule has 0 spiro atoms. The Bertz CT molecular complexity index is 1060. The van der Waals surface area contributed by atoms with Crippen LogP contribution in [0.15, 0.2) is 65.5 Å². The number of hydrogen-bond donors (Lipinski definition) is 1. The number of hydrogen-bond acceptors (Lipinski definition) is 5. The van der Waals surface area contributed by atoms with Crippen LogP contribution >= 0.6 is 0 Å². The van der Waals surface area contributed by atoms with Crippen LogP contribution in [-0.2, 0) is 17.8 Å². The number of ether oxygens (including phenoxy) is 2. The minimum absolute atomic E-state index is 0.122. The Kier molecular flexibility index (Phi) is 5.56. The molecule has 0 fully saturated rings. The zero-order valence-corrected chi connectivity index (χ0v) is 15.8. The Morgan fingerprint density at radius 3 is 2.72 bits per heavy atom. The zero-order valence-electron chi connectivity index (χ0n) is 15.8.